The molecular weight excluding hydrogens is 164 g/mol. The number of hydrogen-bond acceptors (Lipinski definition) is 2. The lowest BCUT2D eigenvalue weighted by Crippen LogP contribution is -2.24. The molecule has 0 aromatic carbocycles. The first kappa shape index (κ1) is 7.09. The molecule has 1 saturated heterocycles. The minimum absolute atomic E-state index is 0.568. The molecule has 0 unspecified atom stereocenters. The van der Waals surface area contributed by atoms with Gasteiger partial charge in [-0.15, -0.1) is 0 Å². The predicted molar refractivity (Wildman–Crippen MR) is 49.7 cm³/mol. The van der Waals surface area contributed by atoms with Crippen LogP contribution in [0.3, 0.4) is 0 Å². The summed E-state index contributed by atoms with van der Waals surface area (Å²) in [6, 6.07) is 4.08. The Morgan fingerprint density at radius 3 is 3.15 bits per heavy atom. The van der Waals surface area contributed by atoms with Crippen molar-refractivity contribution in [1.82, 2.24) is 9.97 Å². The molecule has 0 amide bonds. The highest BCUT2D eigenvalue weighted by atomic mass is 16.5. The van der Waals surface area contributed by atoms with Crippen LogP contribution in [0.4, 0.5) is 0 Å². The summed E-state index contributed by atoms with van der Waals surface area (Å²) < 4.78 is 5.17. The van der Waals surface area contributed by atoms with Gasteiger partial charge in [0.15, 0.2) is 0 Å². The number of nitrogens with zero attached hydrogens (tertiary/aromatic N) is 1. The van der Waals surface area contributed by atoms with Crippen LogP contribution in [-0.2, 0) is 4.74 Å². The number of fused-ring (bicyclic) bond motifs is 1. The van der Waals surface area contributed by atoms with E-state index >= 15 is 0 Å². The quantitative estimate of drug-likeness (QED) is 0.714. The highest BCUT2D eigenvalue weighted by Crippen LogP contribution is 2.29. The van der Waals surface area contributed by atoms with Crippen molar-refractivity contribution in [3.8, 4) is 0 Å². The van der Waals surface area contributed by atoms with Crippen molar-refractivity contribution in [3.63, 3.8) is 0 Å². The van der Waals surface area contributed by atoms with Gasteiger partial charge in [0.25, 0.3) is 0 Å². The lowest BCUT2D eigenvalue weighted by Gasteiger charge is -2.25. The van der Waals surface area contributed by atoms with E-state index in [1.165, 1.54) is 10.9 Å². The summed E-state index contributed by atoms with van der Waals surface area (Å²) in [7, 11) is 0. The first-order chi connectivity index (χ1) is 6.45. The molecule has 3 nitrogen and oxygen atoms in total. The lowest BCUT2D eigenvalue weighted by molar-refractivity contribution is 0.00900. The fourth-order valence-electron chi connectivity index (χ4n) is 1.73. The van der Waals surface area contributed by atoms with Crippen molar-refractivity contribution < 1.29 is 4.74 Å². The second kappa shape index (κ2) is 2.57. The van der Waals surface area contributed by atoms with Gasteiger partial charge in [-0.25, -0.2) is 4.98 Å². The Kier molecular flexibility index (Phi) is 1.40. The summed E-state index contributed by atoms with van der Waals surface area (Å²) in [5, 5.41) is 1.23. The molecule has 0 spiro atoms. The number of aromatic amines is 1. The van der Waals surface area contributed by atoms with E-state index in [0.29, 0.717) is 5.92 Å². The minimum atomic E-state index is 0.568. The summed E-state index contributed by atoms with van der Waals surface area (Å²) >= 11 is 0. The van der Waals surface area contributed by atoms with Crippen LogP contribution in [0.5, 0.6) is 0 Å². The minimum Gasteiger partial charge on any atom is -0.380 e. The summed E-state index contributed by atoms with van der Waals surface area (Å²) in [5.74, 6) is 0.568. The van der Waals surface area contributed by atoms with Gasteiger partial charge in [0.1, 0.15) is 5.65 Å². The SMILES string of the molecule is c1cnc2[nH]cc(C3COC3)c2c1. The lowest BCUT2D eigenvalue weighted by atomic mass is 9.98. The zero-order valence-corrected chi connectivity index (χ0v) is 7.16. The fraction of sp³-hybridized carbons (Fsp3) is 0.300. The molecule has 1 aliphatic rings. The van der Waals surface area contributed by atoms with E-state index in [2.05, 4.69) is 16.0 Å². The highest BCUT2D eigenvalue weighted by molar-refractivity contribution is 5.80. The number of aromatic nitrogens is 2. The molecular formula is C10H10N2O. The molecule has 2 aromatic heterocycles. The van der Waals surface area contributed by atoms with E-state index in [1.54, 1.807) is 6.20 Å². The van der Waals surface area contributed by atoms with E-state index in [9.17, 15) is 0 Å². The van der Waals surface area contributed by atoms with Crippen molar-refractivity contribution in [2.45, 2.75) is 5.92 Å². The van der Waals surface area contributed by atoms with Crippen molar-refractivity contribution in [2.75, 3.05) is 13.2 Å². The number of nitrogens with one attached hydrogen (secondary N) is 1. The smallest absolute Gasteiger partial charge is 0.137 e. The van der Waals surface area contributed by atoms with Crippen LogP contribution in [0.2, 0.25) is 0 Å². The third-order valence-electron chi connectivity index (χ3n) is 2.56. The largest absolute Gasteiger partial charge is 0.380 e. The zero-order valence-electron chi connectivity index (χ0n) is 7.16. The van der Waals surface area contributed by atoms with E-state index in [1.807, 2.05) is 12.3 Å². The molecule has 1 aliphatic heterocycles. The predicted octanol–water partition coefficient (Wildman–Crippen LogP) is 1.68. The van der Waals surface area contributed by atoms with E-state index in [-0.39, 0.29) is 0 Å². The summed E-state index contributed by atoms with van der Waals surface area (Å²) in [4.78, 5) is 7.42. The zero-order chi connectivity index (χ0) is 8.67. The second-order valence-corrected chi connectivity index (χ2v) is 3.38. The molecule has 1 fully saturated rings. The van der Waals surface area contributed by atoms with E-state index in [4.69, 9.17) is 4.74 Å². The number of hydrogen-bond donors (Lipinski definition) is 1. The first-order valence-electron chi connectivity index (χ1n) is 4.45. The van der Waals surface area contributed by atoms with Gasteiger partial charge in [-0.3, -0.25) is 0 Å². The van der Waals surface area contributed by atoms with Gasteiger partial charge in [0.2, 0.25) is 0 Å². The topological polar surface area (TPSA) is 37.9 Å². The first-order valence-corrected chi connectivity index (χ1v) is 4.45. The highest BCUT2D eigenvalue weighted by Gasteiger charge is 2.23. The molecule has 1 N–H and O–H groups in total. The average molecular weight is 174 g/mol. The van der Waals surface area contributed by atoms with Gasteiger partial charge in [0, 0.05) is 23.7 Å². The molecule has 3 heteroatoms. The Morgan fingerprint density at radius 1 is 1.46 bits per heavy atom. The van der Waals surface area contributed by atoms with Gasteiger partial charge in [-0.1, -0.05) is 0 Å². The Hall–Kier alpha value is -1.35. The van der Waals surface area contributed by atoms with Gasteiger partial charge >= 0.3 is 0 Å². The van der Waals surface area contributed by atoms with Gasteiger partial charge in [-0.05, 0) is 17.7 Å². The molecule has 0 aliphatic carbocycles. The molecule has 66 valence electrons. The van der Waals surface area contributed by atoms with Crippen LogP contribution in [-0.4, -0.2) is 23.2 Å². The Balaban J connectivity index is 2.17. The number of rotatable bonds is 1. The number of H-pyrrole nitrogens is 1. The fourth-order valence-corrected chi connectivity index (χ4v) is 1.73. The number of pyridine rings is 1. The van der Waals surface area contributed by atoms with Crippen molar-refractivity contribution in [1.29, 1.82) is 0 Å². The van der Waals surface area contributed by atoms with Crippen LogP contribution >= 0.6 is 0 Å². The monoisotopic (exact) mass is 174 g/mol. The molecule has 0 bridgehead atoms. The van der Waals surface area contributed by atoms with Crippen LogP contribution in [0.1, 0.15) is 11.5 Å². The van der Waals surface area contributed by atoms with Crippen molar-refractivity contribution >= 4 is 11.0 Å². The standard InChI is InChI=1S/C10H10N2O/c1-2-8-9(7-5-13-6-7)4-12-10(8)11-3-1/h1-4,7H,5-6H2,(H,11,12). The molecule has 3 rings (SSSR count). The molecule has 0 radical (unpaired) electrons. The van der Waals surface area contributed by atoms with Crippen LogP contribution in [0.25, 0.3) is 11.0 Å². The summed E-state index contributed by atoms with van der Waals surface area (Å²) in [5.41, 5.74) is 2.32. The maximum absolute atomic E-state index is 5.17. The van der Waals surface area contributed by atoms with Gasteiger partial charge in [-0.2, -0.15) is 0 Å². The van der Waals surface area contributed by atoms with Crippen LogP contribution in [0, 0.1) is 0 Å². The van der Waals surface area contributed by atoms with E-state index < -0.39 is 0 Å². The summed E-state index contributed by atoms with van der Waals surface area (Å²) in [6.07, 6.45) is 3.85. The molecule has 3 heterocycles. The Bertz CT molecular complexity index is 431. The van der Waals surface area contributed by atoms with E-state index in [0.717, 1.165) is 18.9 Å². The molecule has 13 heavy (non-hydrogen) atoms. The summed E-state index contributed by atoms with van der Waals surface area (Å²) in [6.45, 7) is 1.70. The average Bonchev–Trinajstić information content (AvgIpc) is 2.47. The number of ether oxygens (including phenoxy) is 1. The maximum Gasteiger partial charge on any atom is 0.137 e. The van der Waals surface area contributed by atoms with Crippen LogP contribution in [0.15, 0.2) is 24.5 Å². The molecule has 2 aromatic rings. The molecule has 0 atom stereocenters. The molecule has 0 saturated carbocycles. The van der Waals surface area contributed by atoms with Crippen molar-refractivity contribution in [2.24, 2.45) is 0 Å². The normalized spacial score (nSPS) is 17.5. The Labute approximate surface area is 75.7 Å². The van der Waals surface area contributed by atoms with Gasteiger partial charge < -0.3 is 9.72 Å². The third-order valence-corrected chi connectivity index (χ3v) is 2.56. The Morgan fingerprint density at radius 2 is 2.38 bits per heavy atom. The third kappa shape index (κ3) is 0.971. The maximum atomic E-state index is 5.17. The second-order valence-electron chi connectivity index (χ2n) is 3.38. The van der Waals surface area contributed by atoms with Crippen LogP contribution < -0.4 is 0 Å². The van der Waals surface area contributed by atoms with Gasteiger partial charge in [0.05, 0.1) is 13.2 Å². The van der Waals surface area contributed by atoms with Crippen molar-refractivity contribution in [3.05, 3.63) is 30.1 Å².